The van der Waals surface area contributed by atoms with E-state index in [-0.39, 0.29) is 18.2 Å². The van der Waals surface area contributed by atoms with Crippen LogP contribution in [0.5, 0.6) is 11.5 Å². The van der Waals surface area contributed by atoms with Gasteiger partial charge in [0.25, 0.3) is 5.91 Å². The van der Waals surface area contributed by atoms with Gasteiger partial charge in [-0.2, -0.15) is 0 Å². The van der Waals surface area contributed by atoms with Crippen LogP contribution in [0.3, 0.4) is 0 Å². The molecule has 0 fully saturated rings. The third kappa shape index (κ3) is 5.30. The number of ether oxygens (including phenoxy) is 2. The Labute approximate surface area is 134 Å². The molecule has 0 aliphatic heterocycles. The van der Waals surface area contributed by atoms with Gasteiger partial charge in [-0.25, -0.2) is 4.98 Å². The number of carbonyl (C=O) groups is 1. The molecule has 2 rings (SSSR count). The molecule has 0 bridgehead atoms. The Hall–Kier alpha value is -2.54. The van der Waals surface area contributed by atoms with Crippen LogP contribution in [-0.2, 0) is 6.61 Å². The Kier molecular flexibility index (Phi) is 5.99. The summed E-state index contributed by atoms with van der Waals surface area (Å²) in [6, 6.07) is 7.11. The minimum absolute atomic E-state index is 0.118. The molecule has 7 heteroatoms. The van der Waals surface area contributed by atoms with Crippen LogP contribution >= 0.6 is 0 Å². The highest BCUT2D eigenvalue weighted by Gasteiger charge is 2.12. The highest BCUT2D eigenvalue weighted by atomic mass is 16.5. The third-order valence-corrected chi connectivity index (χ3v) is 3.05. The molecule has 0 saturated heterocycles. The molecule has 124 valence electrons. The monoisotopic (exact) mass is 320 g/mol. The van der Waals surface area contributed by atoms with Gasteiger partial charge in [0.2, 0.25) is 5.89 Å². The summed E-state index contributed by atoms with van der Waals surface area (Å²) in [5.74, 6) is 1.35. The predicted molar refractivity (Wildman–Crippen MR) is 82.5 cm³/mol. The minimum Gasteiger partial charge on any atom is -0.497 e. The van der Waals surface area contributed by atoms with Crippen molar-refractivity contribution >= 4 is 5.91 Å². The lowest BCUT2D eigenvalue weighted by molar-refractivity contribution is 0.0940. The van der Waals surface area contributed by atoms with Crippen LogP contribution in [-0.4, -0.2) is 35.8 Å². The van der Waals surface area contributed by atoms with E-state index in [0.29, 0.717) is 24.6 Å². The van der Waals surface area contributed by atoms with Gasteiger partial charge in [0, 0.05) is 6.54 Å². The number of aromatic nitrogens is 1. The summed E-state index contributed by atoms with van der Waals surface area (Å²) in [5.41, 5.74) is 0.184. The molecule has 7 nitrogen and oxygen atoms in total. The maximum Gasteiger partial charge on any atom is 0.273 e. The number of aliphatic hydroxyl groups is 1. The largest absolute Gasteiger partial charge is 0.497 e. The quantitative estimate of drug-likeness (QED) is 0.770. The second-order valence-electron chi connectivity index (χ2n) is 4.98. The number of oxazole rings is 1. The molecular formula is C16H20N2O5. The number of methoxy groups -OCH3 is 1. The molecule has 2 aromatic rings. The maximum absolute atomic E-state index is 11.8. The van der Waals surface area contributed by atoms with Gasteiger partial charge in [0.05, 0.1) is 13.2 Å². The first-order valence-corrected chi connectivity index (χ1v) is 7.26. The third-order valence-electron chi connectivity index (χ3n) is 3.05. The summed E-state index contributed by atoms with van der Waals surface area (Å²) in [6.45, 7) is 2.16. The van der Waals surface area contributed by atoms with Crippen molar-refractivity contribution < 1.29 is 23.8 Å². The van der Waals surface area contributed by atoms with Gasteiger partial charge in [0.15, 0.2) is 12.3 Å². The first kappa shape index (κ1) is 16.8. The zero-order chi connectivity index (χ0) is 16.7. The number of nitrogens with zero attached hydrogens (tertiary/aromatic N) is 1. The lowest BCUT2D eigenvalue weighted by Gasteiger charge is -2.05. The molecule has 1 heterocycles. The van der Waals surface area contributed by atoms with Crippen molar-refractivity contribution in [1.29, 1.82) is 0 Å². The van der Waals surface area contributed by atoms with E-state index in [1.165, 1.54) is 6.26 Å². The van der Waals surface area contributed by atoms with Gasteiger partial charge in [-0.3, -0.25) is 4.79 Å². The van der Waals surface area contributed by atoms with E-state index in [1.807, 2.05) is 0 Å². The van der Waals surface area contributed by atoms with Gasteiger partial charge in [-0.1, -0.05) is 0 Å². The van der Waals surface area contributed by atoms with E-state index in [1.54, 1.807) is 38.3 Å². The highest BCUT2D eigenvalue weighted by Crippen LogP contribution is 2.18. The summed E-state index contributed by atoms with van der Waals surface area (Å²) in [7, 11) is 1.59. The Morgan fingerprint density at radius 3 is 2.70 bits per heavy atom. The van der Waals surface area contributed by atoms with Gasteiger partial charge in [-0.05, 0) is 37.6 Å². The average molecular weight is 320 g/mol. The second-order valence-corrected chi connectivity index (χ2v) is 4.98. The predicted octanol–water partition coefficient (Wildman–Crippen LogP) is 1.76. The fraction of sp³-hybridized carbons (Fsp3) is 0.375. The van der Waals surface area contributed by atoms with E-state index in [4.69, 9.17) is 19.0 Å². The first-order chi connectivity index (χ1) is 11.1. The summed E-state index contributed by atoms with van der Waals surface area (Å²) < 4.78 is 15.8. The number of nitrogens with one attached hydrogen (secondary N) is 1. The molecule has 1 amide bonds. The molecular weight excluding hydrogens is 300 g/mol. The molecule has 1 unspecified atom stereocenters. The number of hydrogen-bond donors (Lipinski definition) is 2. The summed E-state index contributed by atoms with van der Waals surface area (Å²) >= 11 is 0. The van der Waals surface area contributed by atoms with Crippen molar-refractivity contribution in [3.8, 4) is 11.5 Å². The van der Waals surface area contributed by atoms with Crippen LogP contribution in [0.4, 0.5) is 0 Å². The molecule has 0 spiro atoms. The molecule has 1 atom stereocenters. The molecule has 1 aromatic carbocycles. The number of rotatable bonds is 8. The SMILES string of the molecule is COc1ccc(OCc2nc(C(=O)NCCC(C)O)co2)cc1. The van der Waals surface area contributed by atoms with Crippen LogP contribution in [0.1, 0.15) is 29.7 Å². The zero-order valence-corrected chi connectivity index (χ0v) is 13.1. The molecule has 1 aromatic heterocycles. The Bertz CT molecular complexity index is 622. The van der Waals surface area contributed by atoms with Gasteiger partial charge < -0.3 is 24.3 Å². The van der Waals surface area contributed by atoms with Crippen molar-refractivity contribution in [2.45, 2.75) is 26.1 Å². The lowest BCUT2D eigenvalue weighted by Crippen LogP contribution is -2.26. The van der Waals surface area contributed by atoms with Gasteiger partial charge >= 0.3 is 0 Å². The molecule has 0 radical (unpaired) electrons. The molecule has 0 aliphatic rings. The highest BCUT2D eigenvalue weighted by molar-refractivity contribution is 5.91. The number of hydrogen-bond acceptors (Lipinski definition) is 6. The van der Waals surface area contributed by atoms with E-state index in [0.717, 1.165) is 5.75 Å². The maximum atomic E-state index is 11.8. The number of amides is 1. The summed E-state index contributed by atoms with van der Waals surface area (Å²) in [4.78, 5) is 15.9. The minimum atomic E-state index is -0.457. The number of benzene rings is 1. The van der Waals surface area contributed by atoms with Crippen LogP contribution < -0.4 is 14.8 Å². The van der Waals surface area contributed by atoms with Crippen molar-refractivity contribution in [3.63, 3.8) is 0 Å². The van der Waals surface area contributed by atoms with Gasteiger partial charge in [0.1, 0.15) is 17.8 Å². The molecule has 0 aliphatic carbocycles. The molecule has 0 saturated carbocycles. The Balaban J connectivity index is 1.82. The van der Waals surface area contributed by atoms with Crippen LogP contribution in [0.2, 0.25) is 0 Å². The Morgan fingerprint density at radius 2 is 2.04 bits per heavy atom. The van der Waals surface area contributed by atoms with Crippen LogP contribution in [0.15, 0.2) is 34.9 Å². The summed E-state index contributed by atoms with van der Waals surface area (Å²) in [5, 5.41) is 11.8. The zero-order valence-electron chi connectivity index (χ0n) is 13.1. The normalized spacial score (nSPS) is 11.8. The topological polar surface area (TPSA) is 93.8 Å². The van der Waals surface area contributed by atoms with Gasteiger partial charge in [-0.15, -0.1) is 0 Å². The van der Waals surface area contributed by atoms with E-state index in [2.05, 4.69) is 10.3 Å². The second kappa shape index (κ2) is 8.19. The van der Waals surface area contributed by atoms with E-state index >= 15 is 0 Å². The van der Waals surface area contributed by atoms with Crippen molar-refractivity contribution in [2.75, 3.05) is 13.7 Å². The summed E-state index contributed by atoms with van der Waals surface area (Å²) in [6.07, 6.45) is 1.31. The van der Waals surface area contributed by atoms with Crippen LogP contribution in [0.25, 0.3) is 0 Å². The average Bonchev–Trinajstić information content (AvgIpc) is 3.02. The van der Waals surface area contributed by atoms with Crippen LogP contribution in [0, 0.1) is 0 Å². The number of aliphatic hydroxyl groups excluding tert-OH is 1. The van der Waals surface area contributed by atoms with Crippen molar-refractivity contribution in [2.24, 2.45) is 0 Å². The van der Waals surface area contributed by atoms with E-state index < -0.39 is 6.10 Å². The molecule has 2 N–H and O–H groups in total. The lowest BCUT2D eigenvalue weighted by atomic mass is 10.3. The molecule has 23 heavy (non-hydrogen) atoms. The van der Waals surface area contributed by atoms with E-state index in [9.17, 15) is 4.79 Å². The fourth-order valence-electron chi connectivity index (χ4n) is 1.78. The number of carbonyl (C=O) groups excluding carboxylic acids is 1. The Morgan fingerprint density at radius 1 is 1.35 bits per heavy atom. The fourth-order valence-corrected chi connectivity index (χ4v) is 1.78. The standard InChI is InChI=1S/C16H20N2O5/c1-11(19)7-8-17-16(20)14-9-23-15(18-14)10-22-13-5-3-12(21-2)4-6-13/h3-6,9,11,19H,7-8,10H2,1-2H3,(H,17,20). The first-order valence-electron chi connectivity index (χ1n) is 7.26. The van der Waals surface area contributed by atoms with Crippen molar-refractivity contribution in [1.82, 2.24) is 10.3 Å². The smallest absolute Gasteiger partial charge is 0.273 e. The van der Waals surface area contributed by atoms with Crippen molar-refractivity contribution in [3.05, 3.63) is 42.1 Å².